The summed E-state index contributed by atoms with van der Waals surface area (Å²) in [5, 5.41) is 13.3. The summed E-state index contributed by atoms with van der Waals surface area (Å²) in [6.07, 6.45) is 1.86. The lowest BCUT2D eigenvalue weighted by Crippen LogP contribution is -2.46. The number of amides is 2. The van der Waals surface area contributed by atoms with Gasteiger partial charge in [0, 0.05) is 18.0 Å². The lowest BCUT2D eigenvalue weighted by molar-refractivity contribution is -0.127. The lowest BCUT2D eigenvalue weighted by atomic mass is 10.1. The predicted octanol–water partition coefficient (Wildman–Crippen LogP) is 3.96. The minimum Gasteiger partial charge on any atom is -0.492 e. The van der Waals surface area contributed by atoms with Gasteiger partial charge in [0.05, 0.1) is 23.9 Å². The van der Waals surface area contributed by atoms with Gasteiger partial charge in [-0.25, -0.2) is 4.68 Å². The third-order valence-corrected chi connectivity index (χ3v) is 7.17. The first-order valence-electron chi connectivity index (χ1n) is 12.4. The maximum Gasteiger partial charge on any atom is 0.249 e. The van der Waals surface area contributed by atoms with E-state index in [1.54, 1.807) is 16.8 Å². The molecule has 0 radical (unpaired) electrons. The van der Waals surface area contributed by atoms with Crippen molar-refractivity contribution in [3.8, 4) is 5.75 Å². The van der Waals surface area contributed by atoms with E-state index in [0.29, 0.717) is 36.7 Å². The Bertz CT molecular complexity index is 1350. The number of nitrogens with zero attached hydrogens (tertiary/aromatic N) is 4. The van der Waals surface area contributed by atoms with Crippen LogP contribution in [0.5, 0.6) is 5.75 Å². The van der Waals surface area contributed by atoms with Crippen molar-refractivity contribution in [3.05, 3.63) is 70.9 Å². The molecule has 2 aromatic heterocycles. The first kappa shape index (κ1) is 24.9. The third-order valence-electron chi connectivity index (χ3n) is 6.25. The molecule has 1 aliphatic heterocycles. The van der Waals surface area contributed by atoms with E-state index in [0.717, 1.165) is 23.2 Å². The van der Waals surface area contributed by atoms with E-state index in [2.05, 4.69) is 15.6 Å². The molecule has 2 aromatic carbocycles. The van der Waals surface area contributed by atoms with Crippen LogP contribution >= 0.6 is 11.3 Å². The quantitative estimate of drug-likeness (QED) is 0.341. The molecule has 10 heteroatoms. The van der Waals surface area contributed by atoms with Gasteiger partial charge in [0.1, 0.15) is 23.9 Å². The largest absolute Gasteiger partial charge is 0.492 e. The number of rotatable bonds is 10. The van der Waals surface area contributed by atoms with Crippen LogP contribution in [-0.4, -0.2) is 52.7 Å². The fraction of sp³-hybridized carbons (Fsp3) is 0.333. The fourth-order valence-corrected chi connectivity index (χ4v) is 5.34. The zero-order valence-electron chi connectivity index (χ0n) is 20.6. The molecular weight excluding hydrogens is 490 g/mol. The highest BCUT2D eigenvalue weighted by Crippen LogP contribution is 2.37. The normalized spacial score (nSPS) is 16.0. The molecule has 1 aliphatic rings. The number of fused-ring (bicyclic) bond motifs is 1. The molecule has 2 atom stereocenters. The monoisotopic (exact) mass is 519 g/mol. The topological polar surface area (TPSA) is 98.6 Å². The number of anilines is 1. The van der Waals surface area contributed by atoms with Gasteiger partial charge in [-0.05, 0) is 55.5 Å². The Morgan fingerprint density at radius 1 is 1.19 bits per heavy atom. The Hall–Kier alpha value is -3.76. The van der Waals surface area contributed by atoms with Crippen molar-refractivity contribution >= 4 is 39.9 Å². The van der Waals surface area contributed by atoms with Crippen LogP contribution in [0.15, 0.2) is 66.0 Å². The fourth-order valence-electron chi connectivity index (χ4n) is 4.53. The molecule has 1 fully saturated rings. The summed E-state index contributed by atoms with van der Waals surface area (Å²) in [5.41, 5.74) is 1.95. The highest BCUT2D eigenvalue weighted by Gasteiger charge is 2.36. The minimum absolute atomic E-state index is 0.0192. The standard InChI is InChI=1S/C27H29N5O4S/c1-2-35-23-13-6-5-12-22(23)32(25(33)18-31-21-11-4-3-10-20(21)29-30-31)26(24-14-8-16-37-24)27(34)28-17-19-9-7-15-36-19/h3-6,8,10-14,16,19,26H,2,7,9,15,17-18H2,1H3,(H,28,34)/t19-,26-/m0/s1. The average Bonchev–Trinajstić information content (AvgIpc) is 3.70. The maximum atomic E-state index is 14.1. The van der Waals surface area contributed by atoms with Crippen LogP contribution in [0, 0.1) is 0 Å². The molecule has 192 valence electrons. The molecule has 0 saturated carbocycles. The molecule has 1 saturated heterocycles. The summed E-state index contributed by atoms with van der Waals surface area (Å²) in [6, 6.07) is 17.6. The third kappa shape index (κ3) is 5.50. The van der Waals surface area contributed by atoms with Crippen LogP contribution < -0.4 is 15.0 Å². The zero-order chi connectivity index (χ0) is 25.6. The molecule has 3 heterocycles. The zero-order valence-corrected chi connectivity index (χ0v) is 21.4. The molecule has 9 nitrogen and oxygen atoms in total. The molecular formula is C27H29N5O4S. The van der Waals surface area contributed by atoms with Gasteiger partial charge in [-0.2, -0.15) is 0 Å². The number of ether oxygens (including phenoxy) is 2. The summed E-state index contributed by atoms with van der Waals surface area (Å²) < 4.78 is 13.1. The van der Waals surface area contributed by atoms with E-state index >= 15 is 0 Å². The smallest absolute Gasteiger partial charge is 0.249 e. The van der Waals surface area contributed by atoms with Crippen LogP contribution in [0.25, 0.3) is 11.0 Å². The SMILES string of the molecule is CCOc1ccccc1N(C(=O)Cn1nnc2ccccc21)[C@H](C(=O)NC[C@@H]1CCCO1)c1cccs1. The van der Waals surface area contributed by atoms with Crippen LogP contribution in [0.4, 0.5) is 5.69 Å². The van der Waals surface area contributed by atoms with Crippen LogP contribution in [-0.2, 0) is 20.9 Å². The number of thiophene rings is 1. The van der Waals surface area contributed by atoms with Gasteiger partial charge in [-0.3, -0.25) is 14.5 Å². The summed E-state index contributed by atoms with van der Waals surface area (Å²) in [5.74, 6) is -0.0650. The van der Waals surface area contributed by atoms with Gasteiger partial charge < -0.3 is 14.8 Å². The molecule has 0 bridgehead atoms. The first-order valence-corrected chi connectivity index (χ1v) is 13.3. The minimum atomic E-state index is -0.898. The number of benzene rings is 2. The van der Waals surface area contributed by atoms with Crippen LogP contribution in [0.1, 0.15) is 30.7 Å². The van der Waals surface area contributed by atoms with Gasteiger partial charge in [-0.1, -0.05) is 35.5 Å². The van der Waals surface area contributed by atoms with E-state index < -0.39 is 6.04 Å². The second-order valence-electron chi connectivity index (χ2n) is 8.70. The van der Waals surface area contributed by atoms with E-state index in [4.69, 9.17) is 9.47 Å². The number of para-hydroxylation sites is 3. The van der Waals surface area contributed by atoms with E-state index in [1.165, 1.54) is 16.2 Å². The molecule has 0 aliphatic carbocycles. The Morgan fingerprint density at radius 3 is 2.81 bits per heavy atom. The summed E-state index contributed by atoms with van der Waals surface area (Å²) in [4.78, 5) is 30.1. The highest BCUT2D eigenvalue weighted by atomic mass is 32.1. The number of carbonyl (C=O) groups is 2. The number of nitrogens with one attached hydrogen (secondary N) is 1. The summed E-state index contributed by atoms with van der Waals surface area (Å²) in [6.45, 7) is 3.30. The molecule has 5 rings (SSSR count). The van der Waals surface area contributed by atoms with Crippen molar-refractivity contribution in [2.45, 2.75) is 38.5 Å². The number of hydrogen-bond acceptors (Lipinski definition) is 7. The van der Waals surface area contributed by atoms with E-state index in [9.17, 15) is 9.59 Å². The summed E-state index contributed by atoms with van der Waals surface area (Å²) >= 11 is 1.43. The summed E-state index contributed by atoms with van der Waals surface area (Å²) in [7, 11) is 0. The van der Waals surface area contributed by atoms with Crippen LogP contribution in [0.2, 0.25) is 0 Å². The molecule has 1 N–H and O–H groups in total. The Balaban J connectivity index is 1.53. The van der Waals surface area contributed by atoms with Crippen molar-refractivity contribution in [3.63, 3.8) is 0 Å². The second kappa shape index (κ2) is 11.5. The number of hydrogen-bond donors (Lipinski definition) is 1. The molecule has 4 aromatic rings. The predicted molar refractivity (Wildman–Crippen MR) is 142 cm³/mol. The van der Waals surface area contributed by atoms with Gasteiger partial charge in [0.25, 0.3) is 0 Å². The average molecular weight is 520 g/mol. The number of carbonyl (C=O) groups excluding carboxylic acids is 2. The van der Waals surface area contributed by atoms with Gasteiger partial charge in [0.15, 0.2) is 0 Å². The van der Waals surface area contributed by atoms with Crippen molar-refractivity contribution in [2.75, 3.05) is 24.7 Å². The Labute approximate surface area is 219 Å². The molecule has 0 unspecified atom stereocenters. The van der Waals surface area contributed by atoms with Gasteiger partial charge in [-0.15, -0.1) is 16.4 Å². The van der Waals surface area contributed by atoms with E-state index in [-0.39, 0.29) is 24.5 Å². The van der Waals surface area contributed by atoms with E-state index in [1.807, 2.05) is 60.8 Å². The Kier molecular flexibility index (Phi) is 7.76. The molecule has 0 spiro atoms. The lowest BCUT2D eigenvalue weighted by Gasteiger charge is -2.32. The van der Waals surface area contributed by atoms with Gasteiger partial charge in [0.2, 0.25) is 11.8 Å². The highest BCUT2D eigenvalue weighted by molar-refractivity contribution is 7.10. The second-order valence-corrected chi connectivity index (χ2v) is 9.68. The maximum absolute atomic E-state index is 14.1. The first-order chi connectivity index (χ1) is 18.2. The van der Waals surface area contributed by atoms with Crippen molar-refractivity contribution in [2.24, 2.45) is 0 Å². The van der Waals surface area contributed by atoms with Crippen molar-refractivity contribution in [1.82, 2.24) is 20.3 Å². The molecule has 2 amide bonds. The van der Waals surface area contributed by atoms with Crippen molar-refractivity contribution in [1.29, 1.82) is 0 Å². The van der Waals surface area contributed by atoms with Gasteiger partial charge >= 0.3 is 0 Å². The Morgan fingerprint density at radius 2 is 2.03 bits per heavy atom. The van der Waals surface area contributed by atoms with Crippen molar-refractivity contribution < 1.29 is 19.1 Å². The van der Waals surface area contributed by atoms with Crippen LogP contribution in [0.3, 0.4) is 0 Å². The number of aromatic nitrogens is 3. The molecule has 37 heavy (non-hydrogen) atoms.